The maximum Gasteiger partial charge on any atom is 0.410 e. The van der Waals surface area contributed by atoms with E-state index in [0.717, 1.165) is 35.4 Å². The van der Waals surface area contributed by atoms with Crippen molar-refractivity contribution < 1.29 is 14.3 Å². The first-order valence-corrected chi connectivity index (χ1v) is 8.78. The zero-order chi connectivity index (χ0) is 16.5. The van der Waals surface area contributed by atoms with Crippen LogP contribution >= 0.6 is 15.9 Å². The van der Waals surface area contributed by atoms with Crippen molar-refractivity contribution >= 4 is 33.5 Å². The number of carbonyl (C=O) groups is 1. The molecule has 128 valence electrons. The molecule has 0 aromatic carbocycles. The largest absolute Gasteiger partial charge is 0.444 e. The van der Waals surface area contributed by atoms with Gasteiger partial charge in [0.15, 0.2) is 5.65 Å². The maximum atomic E-state index is 12.2. The summed E-state index contributed by atoms with van der Waals surface area (Å²) >= 11 is 3.45. The lowest BCUT2D eigenvalue weighted by atomic mass is 10.3. The lowest BCUT2D eigenvalue weighted by Gasteiger charge is -2.35. The van der Waals surface area contributed by atoms with Crippen molar-refractivity contribution in [1.29, 1.82) is 0 Å². The highest BCUT2D eigenvalue weighted by Gasteiger charge is 2.27. The van der Waals surface area contributed by atoms with Crippen LogP contribution in [0.1, 0.15) is 6.42 Å². The standard InChI is InChI=1S/C15H18BrN5O3/c16-12-9-17-21-3-1-13(18-14(12)21)19-4-6-20(7-5-19)15(22)24-11-2-8-23-10-11/h1,3,9,11H,2,4-8,10H2. The lowest BCUT2D eigenvalue weighted by molar-refractivity contribution is 0.0534. The number of hydrogen-bond donors (Lipinski definition) is 0. The van der Waals surface area contributed by atoms with E-state index in [1.54, 1.807) is 15.6 Å². The summed E-state index contributed by atoms with van der Waals surface area (Å²) in [6.07, 6.45) is 4.07. The number of anilines is 1. The van der Waals surface area contributed by atoms with Gasteiger partial charge in [-0.1, -0.05) is 0 Å². The van der Waals surface area contributed by atoms with Gasteiger partial charge in [0.2, 0.25) is 0 Å². The van der Waals surface area contributed by atoms with Crippen LogP contribution in [-0.2, 0) is 9.47 Å². The van der Waals surface area contributed by atoms with Crippen molar-refractivity contribution in [3.8, 4) is 0 Å². The fourth-order valence-electron chi connectivity index (χ4n) is 2.95. The Morgan fingerprint density at radius 3 is 2.92 bits per heavy atom. The topological polar surface area (TPSA) is 72.2 Å². The highest BCUT2D eigenvalue weighted by Crippen LogP contribution is 2.20. The summed E-state index contributed by atoms with van der Waals surface area (Å²) in [5, 5.41) is 4.20. The van der Waals surface area contributed by atoms with Gasteiger partial charge in [0.1, 0.15) is 11.9 Å². The van der Waals surface area contributed by atoms with Gasteiger partial charge < -0.3 is 19.3 Å². The predicted octanol–water partition coefficient (Wildman–Crippen LogP) is 1.54. The van der Waals surface area contributed by atoms with Crippen LogP contribution in [0.15, 0.2) is 22.9 Å². The summed E-state index contributed by atoms with van der Waals surface area (Å²) in [5.41, 5.74) is 0.788. The fraction of sp³-hybridized carbons (Fsp3) is 0.533. The Kier molecular flexibility index (Phi) is 4.28. The summed E-state index contributed by atoms with van der Waals surface area (Å²) in [5.74, 6) is 0.890. The molecule has 0 bridgehead atoms. The van der Waals surface area contributed by atoms with Crippen molar-refractivity contribution in [2.24, 2.45) is 0 Å². The third-order valence-electron chi connectivity index (χ3n) is 4.33. The molecule has 0 aliphatic carbocycles. The third kappa shape index (κ3) is 3.05. The second-order valence-electron chi connectivity index (χ2n) is 5.89. The molecule has 4 heterocycles. The van der Waals surface area contributed by atoms with Crippen LogP contribution in [0.3, 0.4) is 0 Å². The smallest absolute Gasteiger partial charge is 0.410 e. The van der Waals surface area contributed by atoms with E-state index in [0.29, 0.717) is 26.3 Å². The minimum Gasteiger partial charge on any atom is -0.444 e. The van der Waals surface area contributed by atoms with Crippen LogP contribution in [0.4, 0.5) is 10.6 Å². The van der Waals surface area contributed by atoms with Gasteiger partial charge >= 0.3 is 6.09 Å². The summed E-state index contributed by atoms with van der Waals surface area (Å²) in [6.45, 7) is 3.88. The molecular weight excluding hydrogens is 378 g/mol. The quantitative estimate of drug-likeness (QED) is 0.767. The SMILES string of the molecule is O=C(OC1CCOC1)N1CCN(c2ccn3ncc(Br)c3n2)CC1. The van der Waals surface area contributed by atoms with Gasteiger partial charge in [0.25, 0.3) is 0 Å². The predicted molar refractivity (Wildman–Crippen MR) is 90.2 cm³/mol. The van der Waals surface area contributed by atoms with E-state index in [9.17, 15) is 4.79 Å². The van der Waals surface area contributed by atoms with Gasteiger partial charge in [-0.25, -0.2) is 14.3 Å². The first-order chi connectivity index (χ1) is 11.7. The summed E-state index contributed by atoms with van der Waals surface area (Å²) < 4.78 is 13.3. The number of halogens is 1. The second kappa shape index (κ2) is 6.56. The minimum atomic E-state index is -0.243. The summed E-state index contributed by atoms with van der Waals surface area (Å²) in [6, 6.07) is 1.94. The van der Waals surface area contributed by atoms with Crippen molar-refractivity contribution in [2.75, 3.05) is 44.3 Å². The van der Waals surface area contributed by atoms with Crippen molar-refractivity contribution in [1.82, 2.24) is 19.5 Å². The number of fused-ring (bicyclic) bond motifs is 1. The highest BCUT2D eigenvalue weighted by molar-refractivity contribution is 9.10. The zero-order valence-corrected chi connectivity index (χ0v) is 14.7. The van der Waals surface area contributed by atoms with Crippen molar-refractivity contribution in [2.45, 2.75) is 12.5 Å². The van der Waals surface area contributed by atoms with E-state index >= 15 is 0 Å². The molecule has 1 amide bonds. The molecule has 2 aliphatic heterocycles. The first kappa shape index (κ1) is 15.6. The molecular formula is C15H18BrN5O3. The Hall–Kier alpha value is -1.87. The molecule has 2 aliphatic rings. The average molecular weight is 396 g/mol. The molecule has 4 rings (SSSR count). The molecule has 9 heteroatoms. The molecule has 2 aromatic heterocycles. The lowest BCUT2D eigenvalue weighted by Crippen LogP contribution is -2.49. The molecule has 0 radical (unpaired) electrons. The molecule has 8 nitrogen and oxygen atoms in total. The number of carbonyl (C=O) groups excluding carboxylic acids is 1. The third-order valence-corrected chi connectivity index (χ3v) is 4.89. The molecule has 0 N–H and O–H groups in total. The number of piperazine rings is 1. The minimum absolute atomic E-state index is 0.0983. The zero-order valence-electron chi connectivity index (χ0n) is 13.1. The molecule has 1 unspecified atom stereocenters. The molecule has 0 spiro atoms. The second-order valence-corrected chi connectivity index (χ2v) is 6.74. The van der Waals surface area contributed by atoms with Crippen molar-refractivity contribution in [3.05, 3.63) is 22.9 Å². The van der Waals surface area contributed by atoms with Crippen LogP contribution in [0, 0.1) is 0 Å². The van der Waals surface area contributed by atoms with E-state index in [1.807, 2.05) is 12.3 Å². The number of amides is 1. The summed E-state index contributed by atoms with van der Waals surface area (Å²) in [7, 11) is 0. The number of aromatic nitrogens is 3. The Labute approximate surface area is 147 Å². The normalized spacial score (nSPS) is 21.5. The Morgan fingerprint density at radius 1 is 1.33 bits per heavy atom. The van der Waals surface area contributed by atoms with Gasteiger partial charge in [0, 0.05) is 38.8 Å². The summed E-state index contributed by atoms with van der Waals surface area (Å²) in [4.78, 5) is 20.7. The fourth-order valence-corrected chi connectivity index (χ4v) is 3.31. The molecule has 24 heavy (non-hydrogen) atoms. The van der Waals surface area contributed by atoms with E-state index in [2.05, 4.69) is 30.9 Å². The van der Waals surface area contributed by atoms with Gasteiger partial charge in [-0.3, -0.25) is 0 Å². The average Bonchev–Trinajstić information content (AvgIpc) is 3.25. The number of nitrogens with zero attached hydrogens (tertiary/aromatic N) is 5. The van der Waals surface area contributed by atoms with E-state index < -0.39 is 0 Å². The maximum absolute atomic E-state index is 12.2. The number of ether oxygens (including phenoxy) is 2. The monoisotopic (exact) mass is 395 g/mol. The van der Waals surface area contributed by atoms with Crippen LogP contribution in [0.5, 0.6) is 0 Å². The Balaban J connectivity index is 1.37. The molecule has 1 atom stereocenters. The van der Waals surface area contributed by atoms with E-state index in [-0.39, 0.29) is 12.2 Å². The Morgan fingerprint density at radius 2 is 2.17 bits per heavy atom. The van der Waals surface area contributed by atoms with Crippen LogP contribution in [-0.4, -0.2) is 71.1 Å². The van der Waals surface area contributed by atoms with E-state index in [1.165, 1.54) is 0 Å². The molecule has 0 saturated carbocycles. The van der Waals surface area contributed by atoms with Gasteiger partial charge in [-0.2, -0.15) is 5.10 Å². The van der Waals surface area contributed by atoms with Crippen LogP contribution in [0.2, 0.25) is 0 Å². The number of hydrogen-bond acceptors (Lipinski definition) is 6. The number of rotatable bonds is 2. The Bertz CT molecular complexity index is 738. The van der Waals surface area contributed by atoms with Gasteiger partial charge in [-0.15, -0.1) is 0 Å². The van der Waals surface area contributed by atoms with Crippen molar-refractivity contribution in [3.63, 3.8) is 0 Å². The van der Waals surface area contributed by atoms with Gasteiger partial charge in [0.05, 0.1) is 23.9 Å². The van der Waals surface area contributed by atoms with E-state index in [4.69, 9.17) is 9.47 Å². The molecule has 2 saturated heterocycles. The first-order valence-electron chi connectivity index (χ1n) is 7.99. The molecule has 2 aromatic rings. The van der Waals surface area contributed by atoms with Gasteiger partial charge in [-0.05, 0) is 22.0 Å². The van der Waals surface area contributed by atoms with Crippen LogP contribution < -0.4 is 4.90 Å². The highest BCUT2D eigenvalue weighted by atomic mass is 79.9. The van der Waals surface area contributed by atoms with Crippen LogP contribution in [0.25, 0.3) is 5.65 Å². The molecule has 2 fully saturated rings.